The number of nitro benzene ring substituents is 2. The van der Waals surface area contributed by atoms with E-state index >= 15 is 0 Å². The number of morpholine rings is 1. The van der Waals surface area contributed by atoms with Gasteiger partial charge in [-0.2, -0.15) is 0 Å². The molecule has 0 saturated carbocycles. The Labute approximate surface area is 165 Å². The summed E-state index contributed by atoms with van der Waals surface area (Å²) in [7, 11) is 0. The van der Waals surface area contributed by atoms with Crippen molar-refractivity contribution in [3.8, 4) is 0 Å². The van der Waals surface area contributed by atoms with E-state index < -0.39 is 33.1 Å². The molecule has 0 atom stereocenters. The highest BCUT2D eigenvalue weighted by Gasteiger charge is 2.33. The highest BCUT2D eigenvalue weighted by Crippen LogP contribution is 2.39. The average Bonchev–Trinajstić information content (AvgIpc) is 2.69. The van der Waals surface area contributed by atoms with Gasteiger partial charge >= 0.3 is 5.97 Å². The molecular weight excluding hydrogens is 388 g/mol. The number of hydrogen-bond acceptors (Lipinski definition) is 8. The van der Waals surface area contributed by atoms with Crippen molar-refractivity contribution < 1.29 is 29.3 Å². The largest absolute Gasteiger partial charge is 0.481 e. The number of unbranched alkanes of at least 4 members (excludes halogenated alkanes) is 2. The van der Waals surface area contributed by atoms with Gasteiger partial charge in [-0.3, -0.25) is 29.8 Å². The van der Waals surface area contributed by atoms with E-state index in [0.717, 1.165) is 12.1 Å². The summed E-state index contributed by atoms with van der Waals surface area (Å²) in [6, 6.07) is 2.08. The third-order valence-electron chi connectivity index (χ3n) is 4.41. The molecule has 0 aliphatic carbocycles. The zero-order valence-electron chi connectivity index (χ0n) is 15.7. The minimum Gasteiger partial charge on any atom is -0.481 e. The first kappa shape index (κ1) is 22.0. The van der Waals surface area contributed by atoms with Crippen molar-refractivity contribution in [2.24, 2.45) is 0 Å². The molecule has 1 aromatic rings. The summed E-state index contributed by atoms with van der Waals surface area (Å²) in [5, 5.41) is 34.2. The molecule has 0 spiro atoms. The van der Waals surface area contributed by atoms with Crippen LogP contribution in [0, 0.1) is 20.2 Å². The Morgan fingerprint density at radius 3 is 2.17 bits per heavy atom. The van der Waals surface area contributed by atoms with Gasteiger partial charge in [-0.05, 0) is 12.8 Å². The lowest BCUT2D eigenvalue weighted by atomic mass is 10.1. The normalized spacial score (nSPS) is 13.7. The molecule has 0 bridgehead atoms. The summed E-state index contributed by atoms with van der Waals surface area (Å²) in [6.07, 6.45) is 1.61. The van der Waals surface area contributed by atoms with Crippen LogP contribution in [-0.2, 0) is 9.53 Å². The maximum Gasteiger partial charge on any atom is 0.303 e. The van der Waals surface area contributed by atoms with Gasteiger partial charge in [0.1, 0.15) is 0 Å². The van der Waals surface area contributed by atoms with Crippen LogP contribution in [0.2, 0.25) is 0 Å². The van der Waals surface area contributed by atoms with Crippen LogP contribution in [0.25, 0.3) is 0 Å². The fourth-order valence-electron chi connectivity index (χ4n) is 3.01. The lowest BCUT2D eigenvalue weighted by Gasteiger charge is -2.28. The topological polar surface area (TPSA) is 165 Å². The van der Waals surface area contributed by atoms with Crippen LogP contribution in [0.15, 0.2) is 12.1 Å². The molecule has 12 nitrogen and oxygen atoms in total. The van der Waals surface area contributed by atoms with Crippen molar-refractivity contribution in [3.63, 3.8) is 0 Å². The standard InChI is InChI=1S/C17H22N4O8/c22-15(23)4-2-1-3-5-18-17(24)12-10-13(20(25)26)16(14(11-12)21(27)28)19-6-8-29-9-7-19/h10-11H,1-9H2,(H,18,24)(H,22,23). The van der Waals surface area contributed by atoms with Crippen molar-refractivity contribution in [1.29, 1.82) is 0 Å². The van der Waals surface area contributed by atoms with Gasteiger partial charge in [0, 0.05) is 38.2 Å². The second-order valence-electron chi connectivity index (χ2n) is 6.44. The average molecular weight is 410 g/mol. The summed E-state index contributed by atoms with van der Waals surface area (Å²) in [4.78, 5) is 45.9. The number of nitrogens with zero attached hydrogens (tertiary/aromatic N) is 3. The summed E-state index contributed by atoms with van der Waals surface area (Å²) in [5.41, 5.74) is -1.32. The van der Waals surface area contributed by atoms with Gasteiger partial charge in [-0.1, -0.05) is 6.42 Å². The Bertz CT molecular complexity index is 757. The molecule has 2 rings (SSSR count). The summed E-state index contributed by atoms with van der Waals surface area (Å²) in [6.45, 7) is 1.34. The first-order chi connectivity index (χ1) is 13.8. The van der Waals surface area contributed by atoms with E-state index in [4.69, 9.17) is 9.84 Å². The third kappa shape index (κ3) is 6.10. The first-order valence-corrected chi connectivity index (χ1v) is 9.10. The number of carboxylic acid groups (broad SMARTS) is 1. The molecule has 1 aliphatic heterocycles. The number of nitro groups is 2. The van der Waals surface area contributed by atoms with Gasteiger partial charge in [-0.15, -0.1) is 0 Å². The van der Waals surface area contributed by atoms with Crippen LogP contribution in [0.5, 0.6) is 0 Å². The second-order valence-corrected chi connectivity index (χ2v) is 6.44. The quantitative estimate of drug-likeness (QED) is 0.332. The van der Waals surface area contributed by atoms with Crippen molar-refractivity contribution in [3.05, 3.63) is 37.9 Å². The molecule has 0 unspecified atom stereocenters. The van der Waals surface area contributed by atoms with E-state index in [1.165, 1.54) is 4.90 Å². The summed E-state index contributed by atoms with van der Waals surface area (Å²) < 4.78 is 5.19. The minimum atomic E-state index is -0.894. The van der Waals surface area contributed by atoms with Crippen molar-refractivity contribution in [2.45, 2.75) is 25.7 Å². The third-order valence-corrected chi connectivity index (χ3v) is 4.41. The molecule has 1 heterocycles. The van der Waals surface area contributed by atoms with Crippen molar-refractivity contribution in [2.75, 3.05) is 37.7 Å². The summed E-state index contributed by atoms with van der Waals surface area (Å²) in [5.74, 6) is -1.56. The Morgan fingerprint density at radius 1 is 1.07 bits per heavy atom. The van der Waals surface area contributed by atoms with Gasteiger partial charge in [0.25, 0.3) is 17.3 Å². The number of carbonyl (C=O) groups is 2. The van der Waals surface area contributed by atoms with Gasteiger partial charge in [0.15, 0.2) is 5.69 Å². The zero-order chi connectivity index (χ0) is 21.4. The van der Waals surface area contributed by atoms with Crippen LogP contribution in [0.3, 0.4) is 0 Å². The van der Waals surface area contributed by atoms with E-state index in [1.54, 1.807) is 0 Å². The summed E-state index contributed by atoms with van der Waals surface area (Å²) >= 11 is 0. The van der Waals surface area contributed by atoms with Crippen LogP contribution in [0.1, 0.15) is 36.0 Å². The highest BCUT2D eigenvalue weighted by molar-refractivity contribution is 5.97. The Hall–Kier alpha value is -3.28. The van der Waals surface area contributed by atoms with Crippen molar-refractivity contribution >= 4 is 28.9 Å². The monoisotopic (exact) mass is 410 g/mol. The number of ether oxygens (including phenoxy) is 1. The smallest absolute Gasteiger partial charge is 0.303 e. The lowest BCUT2D eigenvalue weighted by Crippen LogP contribution is -2.37. The molecule has 1 amide bonds. The molecule has 12 heteroatoms. The van der Waals surface area contributed by atoms with Gasteiger partial charge in [0.2, 0.25) is 0 Å². The van der Waals surface area contributed by atoms with E-state index in [1.807, 2.05) is 0 Å². The molecule has 0 aromatic heterocycles. The number of rotatable bonds is 10. The number of anilines is 1. The molecule has 2 N–H and O–H groups in total. The highest BCUT2D eigenvalue weighted by atomic mass is 16.6. The molecule has 0 radical (unpaired) electrons. The molecule has 1 aromatic carbocycles. The van der Waals surface area contributed by atoms with E-state index in [9.17, 15) is 29.8 Å². The molecule has 1 saturated heterocycles. The van der Waals surface area contributed by atoms with Crippen LogP contribution < -0.4 is 10.2 Å². The SMILES string of the molecule is O=C(O)CCCCCNC(=O)c1cc([N+](=O)[O-])c(N2CCOCC2)c([N+](=O)[O-])c1. The number of carboxylic acids is 1. The first-order valence-electron chi connectivity index (χ1n) is 9.10. The van der Waals surface area contributed by atoms with E-state index in [2.05, 4.69) is 5.32 Å². The Balaban J connectivity index is 2.18. The minimum absolute atomic E-state index is 0.0370. The number of benzene rings is 1. The fraction of sp³-hybridized carbons (Fsp3) is 0.529. The van der Waals surface area contributed by atoms with Crippen molar-refractivity contribution in [1.82, 2.24) is 5.32 Å². The van der Waals surface area contributed by atoms with Crippen LogP contribution >= 0.6 is 0 Å². The van der Waals surface area contributed by atoms with E-state index in [0.29, 0.717) is 32.5 Å². The van der Waals surface area contributed by atoms with Gasteiger partial charge in [-0.25, -0.2) is 0 Å². The number of amides is 1. The maximum absolute atomic E-state index is 12.3. The number of aliphatic carboxylic acids is 1. The fourth-order valence-corrected chi connectivity index (χ4v) is 3.01. The number of nitrogens with one attached hydrogen (secondary N) is 1. The Morgan fingerprint density at radius 2 is 1.66 bits per heavy atom. The second kappa shape index (κ2) is 10.3. The predicted octanol–water partition coefficient (Wildman–Crippen LogP) is 1.71. The molecule has 29 heavy (non-hydrogen) atoms. The Kier molecular flexibility index (Phi) is 7.83. The molecule has 1 fully saturated rings. The van der Waals surface area contributed by atoms with Gasteiger partial charge in [0.05, 0.1) is 28.6 Å². The van der Waals surface area contributed by atoms with Crippen LogP contribution in [0.4, 0.5) is 17.1 Å². The maximum atomic E-state index is 12.3. The predicted molar refractivity (Wildman–Crippen MR) is 101 cm³/mol. The molecule has 158 valence electrons. The molecule has 1 aliphatic rings. The zero-order valence-corrected chi connectivity index (χ0v) is 15.7. The van der Waals surface area contributed by atoms with Gasteiger partial charge < -0.3 is 20.1 Å². The molecular formula is C17H22N4O8. The van der Waals surface area contributed by atoms with Crippen LogP contribution in [-0.4, -0.2) is 59.7 Å². The lowest BCUT2D eigenvalue weighted by molar-refractivity contribution is -0.392. The number of carbonyl (C=O) groups excluding carboxylic acids is 1. The number of hydrogen-bond donors (Lipinski definition) is 2. The van der Waals surface area contributed by atoms with E-state index in [-0.39, 0.29) is 37.3 Å².